The van der Waals surface area contributed by atoms with Crippen molar-refractivity contribution in [2.75, 3.05) is 4.90 Å². The lowest BCUT2D eigenvalue weighted by Crippen LogP contribution is -2.30. The van der Waals surface area contributed by atoms with E-state index < -0.39 is 12.0 Å². The van der Waals surface area contributed by atoms with Crippen molar-refractivity contribution >= 4 is 17.6 Å². The zero-order chi connectivity index (χ0) is 21.5. The van der Waals surface area contributed by atoms with Crippen LogP contribution in [-0.4, -0.2) is 27.1 Å². The van der Waals surface area contributed by atoms with Gasteiger partial charge in [0.1, 0.15) is 11.7 Å². The number of hydrogen-bond donors (Lipinski definition) is 1. The van der Waals surface area contributed by atoms with Gasteiger partial charge in [-0.25, -0.2) is 0 Å². The minimum atomic E-state index is -1.27. The number of aryl methyl sites for hydroxylation is 1. The number of amides is 1. The van der Waals surface area contributed by atoms with Crippen LogP contribution >= 0.6 is 0 Å². The first-order valence-corrected chi connectivity index (χ1v) is 9.76. The number of carbonyl (C=O) groups is 2. The lowest BCUT2D eigenvalue weighted by Gasteiger charge is -2.26. The fraction of sp³-hybridized carbons (Fsp3) is 0.0833. The second-order valence-electron chi connectivity index (χ2n) is 7.39. The lowest BCUT2D eigenvalue weighted by molar-refractivity contribution is -0.255. The smallest absolute Gasteiger partial charge is 0.277 e. The zero-order valence-electron chi connectivity index (χ0n) is 16.6. The fourth-order valence-electron chi connectivity index (χ4n) is 3.92. The van der Waals surface area contributed by atoms with Gasteiger partial charge >= 0.3 is 0 Å². The van der Waals surface area contributed by atoms with Crippen molar-refractivity contribution < 1.29 is 14.7 Å². The Kier molecular flexibility index (Phi) is 4.36. The summed E-state index contributed by atoms with van der Waals surface area (Å²) >= 11 is 0. The van der Waals surface area contributed by atoms with E-state index in [1.54, 1.807) is 23.2 Å². The van der Waals surface area contributed by atoms with E-state index in [0.29, 0.717) is 22.8 Å². The van der Waals surface area contributed by atoms with E-state index in [0.717, 1.165) is 16.7 Å². The summed E-state index contributed by atoms with van der Waals surface area (Å²) in [7, 11) is 0. The Morgan fingerprint density at radius 2 is 1.77 bits per heavy atom. The first kappa shape index (κ1) is 18.7. The number of aromatic carboxylic acids is 1. The standard InChI is InChI=1S/C24H18N4O3/c1-14-5-7-15(8-6-14)20-19-21(27-26-20)23(29)28(22(19)18-4-2-3-13-25-18)17-11-9-16(10-12-17)24(30)31/h2-13,22H,1H3,(H,26,27)(H,30,31)/p-1/t22-/m1/s1. The van der Waals surface area contributed by atoms with Crippen LogP contribution in [0.4, 0.5) is 5.69 Å². The molecule has 7 heteroatoms. The molecule has 2 aromatic heterocycles. The summed E-state index contributed by atoms with van der Waals surface area (Å²) in [4.78, 5) is 30.6. The summed E-state index contributed by atoms with van der Waals surface area (Å²) in [5.74, 6) is -1.52. The first-order valence-electron chi connectivity index (χ1n) is 9.76. The van der Waals surface area contributed by atoms with Gasteiger partial charge in [0.15, 0.2) is 0 Å². The molecular formula is C24H17N4O3-. The van der Waals surface area contributed by atoms with E-state index >= 15 is 0 Å². The van der Waals surface area contributed by atoms with E-state index in [-0.39, 0.29) is 11.5 Å². The Hall–Kier alpha value is -4.26. The third-order valence-corrected chi connectivity index (χ3v) is 5.44. The van der Waals surface area contributed by atoms with Gasteiger partial charge < -0.3 is 9.90 Å². The van der Waals surface area contributed by atoms with Crippen molar-refractivity contribution in [3.8, 4) is 11.3 Å². The molecule has 1 N–H and O–H groups in total. The molecule has 31 heavy (non-hydrogen) atoms. The number of nitrogens with one attached hydrogen (secondary N) is 1. The van der Waals surface area contributed by atoms with Gasteiger partial charge in [-0.15, -0.1) is 0 Å². The predicted octanol–water partition coefficient (Wildman–Crippen LogP) is 2.89. The van der Waals surface area contributed by atoms with Crippen LogP contribution in [0, 0.1) is 6.92 Å². The van der Waals surface area contributed by atoms with Crippen molar-refractivity contribution in [3.05, 3.63) is 101 Å². The molecule has 0 saturated heterocycles. The quantitative estimate of drug-likeness (QED) is 0.558. The largest absolute Gasteiger partial charge is 0.545 e. The molecule has 0 aliphatic carbocycles. The molecule has 0 saturated carbocycles. The van der Waals surface area contributed by atoms with E-state index in [1.807, 2.05) is 49.4 Å². The summed E-state index contributed by atoms with van der Waals surface area (Å²) in [5, 5.41) is 18.5. The molecule has 0 fully saturated rings. The maximum Gasteiger partial charge on any atom is 0.277 e. The highest BCUT2D eigenvalue weighted by atomic mass is 16.4. The van der Waals surface area contributed by atoms with Gasteiger partial charge in [0, 0.05) is 23.0 Å². The van der Waals surface area contributed by atoms with Crippen molar-refractivity contribution in [1.29, 1.82) is 0 Å². The van der Waals surface area contributed by atoms with E-state index in [1.165, 1.54) is 12.1 Å². The lowest BCUT2D eigenvalue weighted by atomic mass is 9.98. The molecular weight excluding hydrogens is 392 g/mol. The van der Waals surface area contributed by atoms with Gasteiger partial charge in [0.05, 0.1) is 17.4 Å². The number of H-pyrrole nitrogens is 1. The molecule has 0 bridgehead atoms. The number of carboxylic acid groups (broad SMARTS) is 1. The number of anilines is 1. The number of carboxylic acids is 1. The summed E-state index contributed by atoms with van der Waals surface area (Å²) in [6.07, 6.45) is 1.68. The molecule has 1 aliphatic rings. The van der Waals surface area contributed by atoms with Crippen molar-refractivity contribution in [3.63, 3.8) is 0 Å². The number of rotatable bonds is 4. The van der Waals surface area contributed by atoms with Crippen LogP contribution in [0.2, 0.25) is 0 Å². The van der Waals surface area contributed by atoms with E-state index in [4.69, 9.17) is 0 Å². The van der Waals surface area contributed by atoms with Crippen molar-refractivity contribution in [2.45, 2.75) is 13.0 Å². The zero-order valence-corrected chi connectivity index (χ0v) is 16.6. The highest BCUT2D eigenvalue weighted by Gasteiger charge is 2.43. The van der Waals surface area contributed by atoms with E-state index in [9.17, 15) is 14.7 Å². The SMILES string of the molecule is Cc1ccc(-c2n[nH]c3c2[C@@H](c2ccccn2)N(c2ccc(C(=O)[O-])cc2)C3=O)cc1. The molecule has 0 spiro atoms. The summed E-state index contributed by atoms with van der Waals surface area (Å²) in [6.45, 7) is 2.01. The Morgan fingerprint density at radius 3 is 2.42 bits per heavy atom. The van der Waals surface area contributed by atoms with Gasteiger partial charge in [-0.3, -0.25) is 19.8 Å². The van der Waals surface area contributed by atoms with Crippen LogP contribution in [0.3, 0.4) is 0 Å². The Labute approximate surface area is 178 Å². The normalized spacial score (nSPS) is 15.2. The van der Waals surface area contributed by atoms with Gasteiger partial charge in [-0.2, -0.15) is 5.10 Å². The number of nitrogens with zero attached hydrogens (tertiary/aromatic N) is 3. The highest BCUT2D eigenvalue weighted by Crippen LogP contribution is 2.44. The van der Waals surface area contributed by atoms with Crippen LogP contribution in [0.25, 0.3) is 11.3 Å². The number of carbonyl (C=O) groups excluding carboxylic acids is 2. The molecule has 0 radical (unpaired) electrons. The third-order valence-electron chi connectivity index (χ3n) is 5.44. The molecule has 152 valence electrons. The van der Waals surface area contributed by atoms with Crippen LogP contribution in [0.5, 0.6) is 0 Å². The Bertz CT molecular complexity index is 1280. The topological polar surface area (TPSA) is 102 Å². The monoisotopic (exact) mass is 409 g/mol. The maximum absolute atomic E-state index is 13.4. The summed E-state index contributed by atoms with van der Waals surface area (Å²) in [5.41, 5.74) is 5.15. The van der Waals surface area contributed by atoms with Gasteiger partial charge in [-0.05, 0) is 36.8 Å². The number of fused-ring (bicyclic) bond motifs is 1. The highest BCUT2D eigenvalue weighted by molar-refractivity contribution is 6.11. The molecule has 1 atom stereocenters. The molecule has 0 unspecified atom stereocenters. The second kappa shape index (κ2) is 7.21. The van der Waals surface area contributed by atoms with Gasteiger partial charge in [0.2, 0.25) is 0 Å². The van der Waals surface area contributed by atoms with Crippen molar-refractivity contribution in [2.24, 2.45) is 0 Å². The van der Waals surface area contributed by atoms with Crippen LogP contribution < -0.4 is 10.0 Å². The average Bonchev–Trinajstić information content (AvgIpc) is 3.34. The van der Waals surface area contributed by atoms with Crippen molar-refractivity contribution in [1.82, 2.24) is 15.2 Å². The summed E-state index contributed by atoms with van der Waals surface area (Å²) in [6, 6.07) is 19.1. The minimum absolute atomic E-state index is 0.0466. The minimum Gasteiger partial charge on any atom is -0.545 e. The second-order valence-corrected chi connectivity index (χ2v) is 7.39. The maximum atomic E-state index is 13.4. The number of aromatic amines is 1. The van der Waals surface area contributed by atoms with Gasteiger partial charge in [-0.1, -0.05) is 48.0 Å². The number of hydrogen-bond acceptors (Lipinski definition) is 5. The first-order chi connectivity index (χ1) is 15.0. The fourth-order valence-corrected chi connectivity index (χ4v) is 3.92. The summed E-state index contributed by atoms with van der Waals surface area (Å²) < 4.78 is 0. The Morgan fingerprint density at radius 1 is 1.03 bits per heavy atom. The molecule has 7 nitrogen and oxygen atoms in total. The molecule has 4 aromatic rings. The van der Waals surface area contributed by atoms with E-state index in [2.05, 4.69) is 15.2 Å². The number of pyridine rings is 1. The molecule has 1 amide bonds. The average molecular weight is 409 g/mol. The van der Waals surface area contributed by atoms with Crippen LogP contribution in [0.1, 0.15) is 43.7 Å². The molecule has 2 aromatic carbocycles. The number of aromatic nitrogens is 3. The number of benzene rings is 2. The van der Waals surface area contributed by atoms with Crippen LogP contribution in [-0.2, 0) is 0 Å². The molecule has 3 heterocycles. The van der Waals surface area contributed by atoms with Crippen LogP contribution in [0.15, 0.2) is 72.9 Å². The molecule has 5 rings (SSSR count). The Balaban J connectivity index is 1.68. The van der Waals surface area contributed by atoms with Gasteiger partial charge in [0.25, 0.3) is 5.91 Å². The third kappa shape index (κ3) is 3.07. The predicted molar refractivity (Wildman–Crippen MR) is 112 cm³/mol. The molecule has 1 aliphatic heterocycles.